The predicted octanol–water partition coefficient (Wildman–Crippen LogP) is -3.65. The standard InChI is InChI=1S/C36H56N10O12/c1-4-18(2)28(33(56)41-17-27(51)52)44-30(53)23(15-20-9-11-21(48)12-10-20)43-34(57)29(19(3)47)45-31(54)24(16-26(49)50)42-32(55)25-8-6-14-46(25)35(58)22(37)7-5-13-40-36(38)39/h9-12,18-19,22-25,28-29,47-48H,4-8,13-17,37H2,1-3H3,(H,41,56)(H,42,55)(H,43,57)(H,44,53)(H,45,54)(H,49,50)(H,51,52)(H4,38,39,40)/t18-,19+,22-,23-,24-,25-,28-,29-/m0/s1. The first kappa shape index (κ1) is 48.1. The number of carboxylic acids is 2. The van der Waals surface area contributed by atoms with Gasteiger partial charge in [0.15, 0.2) is 5.96 Å². The summed E-state index contributed by atoms with van der Waals surface area (Å²) in [7, 11) is 0. The van der Waals surface area contributed by atoms with Gasteiger partial charge in [-0.15, -0.1) is 0 Å². The Kier molecular flexibility index (Phi) is 19.3. The number of phenolic OH excluding ortho intramolecular Hbond substituents is 1. The van der Waals surface area contributed by atoms with Crippen LogP contribution in [-0.4, -0.2) is 141 Å². The molecule has 0 bridgehead atoms. The Morgan fingerprint density at radius 1 is 0.862 bits per heavy atom. The summed E-state index contributed by atoms with van der Waals surface area (Å²) in [5, 5.41) is 50.8. The van der Waals surface area contributed by atoms with Crippen LogP contribution >= 0.6 is 0 Å². The summed E-state index contributed by atoms with van der Waals surface area (Å²) in [6.07, 6.45) is -1.27. The first-order valence-electron chi connectivity index (χ1n) is 18.8. The smallest absolute Gasteiger partial charge is 0.322 e. The van der Waals surface area contributed by atoms with E-state index in [1.54, 1.807) is 13.8 Å². The maximum Gasteiger partial charge on any atom is 0.322 e. The van der Waals surface area contributed by atoms with Crippen molar-refractivity contribution in [3.63, 3.8) is 0 Å². The van der Waals surface area contributed by atoms with E-state index in [1.165, 1.54) is 29.2 Å². The van der Waals surface area contributed by atoms with E-state index in [9.17, 15) is 53.7 Å². The molecular weight excluding hydrogens is 764 g/mol. The van der Waals surface area contributed by atoms with Crippen molar-refractivity contribution in [2.24, 2.45) is 28.1 Å². The Morgan fingerprint density at radius 3 is 2.05 bits per heavy atom. The van der Waals surface area contributed by atoms with Crippen molar-refractivity contribution in [2.75, 3.05) is 19.6 Å². The van der Waals surface area contributed by atoms with Gasteiger partial charge in [-0.1, -0.05) is 32.4 Å². The van der Waals surface area contributed by atoms with Crippen LogP contribution in [-0.2, 0) is 44.8 Å². The average Bonchev–Trinajstić information content (AvgIpc) is 3.66. The Bertz CT molecular complexity index is 1650. The molecule has 0 radical (unpaired) electrons. The number of carboxylic acid groups (broad SMARTS) is 2. The molecule has 1 aliphatic rings. The van der Waals surface area contributed by atoms with Gasteiger partial charge in [-0.2, -0.15) is 0 Å². The summed E-state index contributed by atoms with van der Waals surface area (Å²) in [4.78, 5) is 108. The van der Waals surface area contributed by atoms with E-state index in [-0.39, 0.29) is 44.1 Å². The summed E-state index contributed by atoms with van der Waals surface area (Å²) in [6.45, 7) is 4.19. The SMILES string of the molecule is CC[C@H](C)[C@H](NC(=O)[C@H](Cc1ccc(O)cc1)NC(=O)[C@@H](NC(=O)[C@H](CC(=O)O)NC(=O)[C@@H]1CCCN1C(=O)[C@@H](N)CCCN=C(N)N)[C@@H](C)O)C(=O)NCC(=O)O. The molecule has 1 fully saturated rings. The number of hydrogen-bond acceptors (Lipinski definition) is 12. The lowest BCUT2D eigenvalue weighted by molar-refractivity contribution is -0.143. The number of aliphatic carboxylic acids is 2. The molecule has 2 rings (SSSR count). The number of aliphatic hydroxyl groups excluding tert-OH is 1. The van der Waals surface area contributed by atoms with E-state index >= 15 is 0 Å². The fourth-order valence-electron chi connectivity index (χ4n) is 6.04. The molecule has 1 aliphatic heterocycles. The number of phenols is 1. The molecule has 1 aromatic rings. The van der Waals surface area contributed by atoms with E-state index in [0.29, 0.717) is 24.8 Å². The molecular formula is C36H56N10O12. The van der Waals surface area contributed by atoms with Crippen molar-refractivity contribution in [3.8, 4) is 5.75 Å². The van der Waals surface area contributed by atoms with Gasteiger partial charge in [-0.25, -0.2) is 0 Å². The Hall–Kier alpha value is -6.03. The number of aliphatic imine (C=N–C) groups is 1. The van der Waals surface area contributed by atoms with Crippen molar-refractivity contribution in [2.45, 2.75) is 108 Å². The highest BCUT2D eigenvalue weighted by Crippen LogP contribution is 2.20. The van der Waals surface area contributed by atoms with Crippen molar-refractivity contribution in [1.82, 2.24) is 31.5 Å². The number of likely N-dealkylation sites (tertiary alicyclic amines) is 1. The van der Waals surface area contributed by atoms with Gasteiger partial charge in [0.1, 0.15) is 42.5 Å². The lowest BCUT2D eigenvalue weighted by Gasteiger charge is -2.30. The number of guanidine groups is 1. The second kappa shape index (κ2) is 23.3. The zero-order chi connectivity index (χ0) is 43.7. The van der Waals surface area contributed by atoms with Crippen molar-refractivity contribution < 1.29 is 58.8 Å². The molecule has 0 saturated carbocycles. The number of hydrogen-bond donors (Lipinski definition) is 12. The van der Waals surface area contributed by atoms with Crippen LogP contribution in [0.25, 0.3) is 0 Å². The quantitative estimate of drug-likeness (QED) is 0.0288. The third-order valence-electron chi connectivity index (χ3n) is 9.41. The molecule has 0 unspecified atom stereocenters. The fraction of sp³-hybridized carbons (Fsp3) is 0.583. The summed E-state index contributed by atoms with van der Waals surface area (Å²) in [5.74, 6) is -8.93. The average molecular weight is 821 g/mol. The normalized spacial score (nSPS) is 17.2. The molecule has 22 heteroatoms. The molecule has 58 heavy (non-hydrogen) atoms. The van der Waals surface area contributed by atoms with E-state index in [2.05, 4.69) is 31.6 Å². The summed E-state index contributed by atoms with van der Waals surface area (Å²) in [5.41, 5.74) is 17.1. The van der Waals surface area contributed by atoms with Gasteiger partial charge in [0.25, 0.3) is 0 Å². The largest absolute Gasteiger partial charge is 0.508 e. The molecule has 0 aliphatic carbocycles. The third kappa shape index (κ3) is 15.5. The fourth-order valence-corrected chi connectivity index (χ4v) is 6.04. The lowest BCUT2D eigenvalue weighted by Crippen LogP contribution is -2.62. The Morgan fingerprint density at radius 2 is 1.48 bits per heavy atom. The van der Waals surface area contributed by atoms with Crippen LogP contribution in [0.3, 0.4) is 0 Å². The molecule has 322 valence electrons. The molecule has 1 saturated heterocycles. The van der Waals surface area contributed by atoms with Gasteiger partial charge < -0.3 is 69.1 Å². The Balaban J connectivity index is 2.29. The van der Waals surface area contributed by atoms with Crippen LogP contribution < -0.4 is 43.8 Å². The van der Waals surface area contributed by atoms with Crippen LogP contribution in [0.15, 0.2) is 29.3 Å². The number of nitrogens with two attached hydrogens (primary N) is 3. The second-order valence-corrected chi connectivity index (χ2v) is 14.0. The minimum Gasteiger partial charge on any atom is -0.508 e. The molecule has 0 spiro atoms. The zero-order valence-electron chi connectivity index (χ0n) is 32.7. The van der Waals surface area contributed by atoms with Gasteiger partial charge in [-0.3, -0.25) is 43.3 Å². The predicted molar refractivity (Wildman–Crippen MR) is 206 cm³/mol. The zero-order valence-corrected chi connectivity index (χ0v) is 32.7. The van der Waals surface area contributed by atoms with Crippen molar-refractivity contribution in [3.05, 3.63) is 29.8 Å². The molecule has 0 aromatic heterocycles. The number of aliphatic hydroxyl groups is 1. The molecule has 6 amide bonds. The van der Waals surface area contributed by atoms with Crippen LogP contribution in [0.5, 0.6) is 5.75 Å². The first-order chi connectivity index (χ1) is 27.2. The monoisotopic (exact) mass is 820 g/mol. The van der Waals surface area contributed by atoms with Crippen LogP contribution in [0.1, 0.15) is 64.9 Å². The summed E-state index contributed by atoms with van der Waals surface area (Å²) in [6, 6.07) is -2.84. The van der Waals surface area contributed by atoms with Crippen LogP contribution in [0, 0.1) is 5.92 Å². The molecule has 8 atom stereocenters. The molecule has 1 heterocycles. The number of nitrogens with zero attached hydrogens (tertiary/aromatic N) is 2. The number of nitrogens with one attached hydrogen (secondary N) is 5. The van der Waals surface area contributed by atoms with Gasteiger partial charge in [0.2, 0.25) is 35.4 Å². The van der Waals surface area contributed by atoms with Crippen molar-refractivity contribution in [1.29, 1.82) is 0 Å². The van der Waals surface area contributed by atoms with Gasteiger partial charge in [0, 0.05) is 19.5 Å². The number of carbonyl (C=O) groups is 8. The number of rotatable bonds is 23. The van der Waals surface area contributed by atoms with E-state index in [4.69, 9.17) is 22.3 Å². The first-order valence-corrected chi connectivity index (χ1v) is 18.8. The minimum atomic E-state index is -1.82. The summed E-state index contributed by atoms with van der Waals surface area (Å²) >= 11 is 0. The van der Waals surface area contributed by atoms with Crippen molar-refractivity contribution >= 4 is 53.3 Å². The lowest BCUT2D eigenvalue weighted by atomic mass is 9.97. The highest BCUT2D eigenvalue weighted by atomic mass is 16.4. The van der Waals surface area contributed by atoms with E-state index in [1.807, 2.05) is 0 Å². The number of benzene rings is 1. The van der Waals surface area contributed by atoms with E-state index < -0.39 is 109 Å². The Labute approximate surface area is 334 Å². The van der Waals surface area contributed by atoms with Gasteiger partial charge in [0.05, 0.1) is 18.6 Å². The number of amides is 6. The molecule has 1 aromatic carbocycles. The van der Waals surface area contributed by atoms with Crippen LogP contribution in [0.4, 0.5) is 0 Å². The number of carbonyl (C=O) groups excluding carboxylic acids is 6. The highest BCUT2D eigenvalue weighted by molar-refractivity contribution is 5.98. The third-order valence-corrected chi connectivity index (χ3v) is 9.41. The van der Waals surface area contributed by atoms with Gasteiger partial charge in [-0.05, 0) is 56.2 Å². The maximum absolute atomic E-state index is 13.7. The molecule has 15 N–H and O–H groups in total. The van der Waals surface area contributed by atoms with E-state index in [0.717, 1.165) is 6.92 Å². The van der Waals surface area contributed by atoms with Gasteiger partial charge >= 0.3 is 11.9 Å². The second-order valence-electron chi connectivity index (χ2n) is 14.0. The topological polar surface area (TPSA) is 371 Å². The highest BCUT2D eigenvalue weighted by Gasteiger charge is 2.39. The minimum absolute atomic E-state index is 0.0904. The summed E-state index contributed by atoms with van der Waals surface area (Å²) < 4.78 is 0. The number of aromatic hydroxyl groups is 1. The molecule has 22 nitrogen and oxygen atoms in total. The maximum atomic E-state index is 13.7. The van der Waals surface area contributed by atoms with Crippen LogP contribution in [0.2, 0.25) is 0 Å².